The van der Waals surface area contributed by atoms with E-state index in [1.807, 2.05) is 43.3 Å². The molecule has 1 aliphatic heterocycles. The van der Waals surface area contributed by atoms with Crippen molar-refractivity contribution in [1.82, 2.24) is 4.90 Å². The highest BCUT2D eigenvalue weighted by Gasteiger charge is 2.17. The summed E-state index contributed by atoms with van der Waals surface area (Å²) >= 11 is 0. The average Bonchev–Trinajstić information content (AvgIpc) is 2.80. The van der Waals surface area contributed by atoms with Crippen LogP contribution in [0.25, 0.3) is 0 Å². The molecule has 1 fully saturated rings. The third-order valence-corrected chi connectivity index (χ3v) is 5.50. The summed E-state index contributed by atoms with van der Waals surface area (Å²) in [7, 11) is 0. The number of benzene rings is 3. The SMILES string of the molecule is Cc1cccc(OCC(=O)Nc2ccc(N3CCN(Cc4ccccc4)CC3)cc2)c1. The number of piperazine rings is 1. The molecule has 0 unspecified atom stereocenters. The lowest BCUT2D eigenvalue weighted by Gasteiger charge is -2.36. The Labute approximate surface area is 184 Å². The van der Waals surface area contributed by atoms with E-state index in [4.69, 9.17) is 4.74 Å². The molecule has 4 rings (SSSR count). The van der Waals surface area contributed by atoms with Gasteiger partial charge >= 0.3 is 0 Å². The van der Waals surface area contributed by atoms with Gasteiger partial charge in [0, 0.05) is 44.1 Å². The molecule has 0 aromatic heterocycles. The minimum atomic E-state index is -0.163. The van der Waals surface area contributed by atoms with Crippen LogP contribution >= 0.6 is 0 Å². The highest BCUT2D eigenvalue weighted by atomic mass is 16.5. The lowest BCUT2D eigenvalue weighted by molar-refractivity contribution is -0.118. The number of hydrogen-bond acceptors (Lipinski definition) is 4. The number of nitrogens with zero attached hydrogens (tertiary/aromatic N) is 2. The van der Waals surface area contributed by atoms with Crippen LogP contribution in [0.1, 0.15) is 11.1 Å². The van der Waals surface area contributed by atoms with Gasteiger partial charge in [0.25, 0.3) is 5.91 Å². The van der Waals surface area contributed by atoms with Gasteiger partial charge in [0.2, 0.25) is 0 Å². The number of hydrogen-bond donors (Lipinski definition) is 1. The van der Waals surface area contributed by atoms with Gasteiger partial charge < -0.3 is 15.0 Å². The first-order valence-corrected chi connectivity index (χ1v) is 10.8. The van der Waals surface area contributed by atoms with Crippen LogP contribution in [0.3, 0.4) is 0 Å². The second kappa shape index (κ2) is 10.1. The number of ether oxygens (including phenoxy) is 1. The van der Waals surface area contributed by atoms with E-state index >= 15 is 0 Å². The Bertz CT molecular complexity index is 981. The van der Waals surface area contributed by atoms with Crippen LogP contribution in [0.15, 0.2) is 78.9 Å². The van der Waals surface area contributed by atoms with Gasteiger partial charge in [-0.15, -0.1) is 0 Å². The summed E-state index contributed by atoms with van der Waals surface area (Å²) in [6, 6.07) is 26.4. The first kappa shape index (κ1) is 20.9. The van der Waals surface area contributed by atoms with E-state index in [-0.39, 0.29) is 12.5 Å². The minimum absolute atomic E-state index is 0.00538. The van der Waals surface area contributed by atoms with Gasteiger partial charge in [-0.05, 0) is 54.4 Å². The third kappa shape index (κ3) is 6.09. The van der Waals surface area contributed by atoms with Crippen LogP contribution in [-0.2, 0) is 11.3 Å². The molecule has 3 aromatic carbocycles. The Morgan fingerprint density at radius 3 is 2.35 bits per heavy atom. The van der Waals surface area contributed by atoms with Crippen molar-refractivity contribution < 1.29 is 9.53 Å². The molecule has 1 N–H and O–H groups in total. The number of anilines is 2. The molecule has 160 valence electrons. The molecule has 0 atom stereocenters. The monoisotopic (exact) mass is 415 g/mol. The topological polar surface area (TPSA) is 44.8 Å². The van der Waals surface area contributed by atoms with E-state index in [1.165, 1.54) is 11.3 Å². The zero-order chi connectivity index (χ0) is 21.5. The van der Waals surface area contributed by atoms with E-state index < -0.39 is 0 Å². The minimum Gasteiger partial charge on any atom is -0.484 e. The smallest absolute Gasteiger partial charge is 0.262 e. The molecule has 1 aliphatic rings. The van der Waals surface area contributed by atoms with Gasteiger partial charge in [-0.25, -0.2) is 0 Å². The molecule has 1 heterocycles. The Kier molecular flexibility index (Phi) is 6.85. The van der Waals surface area contributed by atoms with Gasteiger partial charge in [0.05, 0.1) is 0 Å². The highest BCUT2D eigenvalue weighted by Crippen LogP contribution is 2.20. The van der Waals surface area contributed by atoms with Gasteiger partial charge in [0.1, 0.15) is 5.75 Å². The van der Waals surface area contributed by atoms with Crippen LogP contribution < -0.4 is 15.0 Å². The summed E-state index contributed by atoms with van der Waals surface area (Å²) in [6.07, 6.45) is 0. The second-order valence-electron chi connectivity index (χ2n) is 7.95. The van der Waals surface area contributed by atoms with Crippen molar-refractivity contribution in [3.05, 3.63) is 90.0 Å². The quantitative estimate of drug-likeness (QED) is 0.624. The van der Waals surface area contributed by atoms with Crippen molar-refractivity contribution in [2.24, 2.45) is 0 Å². The number of rotatable bonds is 7. The van der Waals surface area contributed by atoms with Crippen molar-refractivity contribution in [1.29, 1.82) is 0 Å². The van der Waals surface area contributed by atoms with Crippen molar-refractivity contribution in [3.63, 3.8) is 0 Å². The summed E-state index contributed by atoms with van der Waals surface area (Å²) in [5.41, 5.74) is 4.44. The fourth-order valence-corrected chi connectivity index (χ4v) is 3.81. The fraction of sp³-hybridized carbons (Fsp3) is 0.269. The predicted molar refractivity (Wildman–Crippen MR) is 126 cm³/mol. The molecule has 1 amide bonds. The van der Waals surface area contributed by atoms with Crippen molar-refractivity contribution in [2.75, 3.05) is 43.0 Å². The van der Waals surface area contributed by atoms with E-state index in [2.05, 4.69) is 57.6 Å². The number of amides is 1. The summed E-state index contributed by atoms with van der Waals surface area (Å²) in [5, 5.41) is 2.90. The zero-order valence-corrected chi connectivity index (χ0v) is 18.0. The van der Waals surface area contributed by atoms with E-state index in [9.17, 15) is 4.79 Å². The number of carbonyl (C=O) groups is 1. The van der Waals surface area contributed by atoms with Gasteiger partial charge in [-0.2, -0.15) is 0 Å². The normalized spacial score (nSPS) is 14.3. The summed E-state index contributed by atoms with van der Waals surface area (Å²) < 4.78 is 5.57. The maximum Gasteiger partial charge on any atom is 0.262 e. The average molecular weight is 416 g/mol. The van der Waals surface area contributed by atoms with E-state index in [0.717, 1.165) is 44.0 Å². The molecule has 3 aromatic rings. The molecular weight excluding hydrogens is 386 g/mol. The van der Waals surface area contributed by atoms with Gasteiger partial charge in [-0.1, -0.05) is 42.5 Å². The Morgan fingerprint density at radius 2 is 1.65 bits per heavy atom. The molecule has 0 bridgehead atoms. The van der Waals surface area contributed by atoms with Crippen LogP contribution in [0, 0.1) is 6.92 Å². The Balaban J connectivity index is 1.23. The van der Waals surface area contributed by atoms with E-state index in [1.54, 1.807) is 0 Å². The maximum atomic E-state index is 12.2. The van der Waals surface area contributed by atoms with Crippen LogP contribution in [0.5, 0.6) is 5.75 Å². The van der Waals surface area contributed by atoms with Crippen molar-refractivity contribution in [2.45, 2.75) is 13.5 Å². The molecule has 0 spiro atoms. The number of nitrogens with one attached hydrogen (secondary N) is 1. The van der Waals surface area contributed by atoms with Crippen LogP contribution in [0.4, 0.5) is 11.4 Å². The first-order valence-electron chi connectivity index (χ1n) is 10.8. The molecule has 1 saturated heterocycles. The molecule has 0 saturated carbocycles. The zero-order valence-electron chi connectivity index (χ0n) is 18.0. The lowest BCUT2D eigenvalue weighted by atomic mass is 10.2. The van der Waals surface area contributed by atoms with E-state index in [0.29, 0.717) is 5.75 Å². The second-order valence-corrected chi connectivity index (χ2v) is 7.95. The summed E-state index contributed by atoms with van der Waals surface area (Å²) in [6.45, 7) is 7.09. The Hall–Kier alpha value is -3.31. The molecule has 0 aliphatic carbocycles. The number of aryl methyl sites for hydroxylation is 1. The molecule has 5 nitrogen and oxygen atoms in total. The Morgan fingerprint density at radius 1 is 0.903 bits per heavy atom. The van der Waals surface area contributed by atoms with Crippen LogP contribution in [0.2, 0.25) is 0 Å². The largest absolute Gasteiger partial charge is 0.484 e. The van der Waals surface area contributed by atoms with Gasteiger partial charge in [0.15, 0.2) is 6.61 Å². The third-order valence-electron chi connectivity index (χ3n) is 5.50. The molecular formula is C26H29N3O2. The van der Waals surface area contributed by atoms with Crippen LogP contribution in [-0.4, -0.2) is 43.6 Å². The fourth-order valence-electron chi connectivity index (χ4n) is 3.81. The highest BCUT2D eigenvalue weighted by molar-refractivity contribution is 5.92. The standard InChI is InChI=1S/C26H29N3O2/c1-21-6-5-9-25(18-21)31-20-26(30)27-23-10-12-24(13-11-23)29-16-14-28(15-17-29)19-22-7-3-2-4-8-22/h2-13,18H,14-17,19-20H2,1H3,(H,27,30). The maximum absolute atomic E-state index is 12.2. The predicted octanol–water partition coefficient (Wildman–Crippen LogP) is 4.33. The summed E-state index contributed by atoms with van der Waals surface area (Å²) in [4.78, 5) is 17.1. The molecule has 5 heteroatoms. The van der Waals surface area contributed by atoms with Gasteiger partial charge in [-0.3, -0.25) is 9.69 Å². The van der Waals surface area contributed by atoms with Crippen molar-refractivity contribution in [3.8, 4) is 5.75 Å². The summed E-state index contributed by atoms with van der Waals surface area (Å²) in [5.74, 6) is 0.542. The van der Waals surface area contributed by atoms with Crippen molar-refractivity contribution >= 4 is 17.3 Å². The lowest BCUT2D eigenvalue weighted by Crippen LogP contribution is -2.45. The molecule has 0 radical (unpaired) electrons. The first-order chi connectivity index (χ1) is 15.2. The molecule has 31 heavy (non-hydrogen) atoms. The number of carbonyl (C=O) groups excluding carboxylic acids is 1.